The van der Waals surface area contributed by atoms with Gasteiger partial charge in [-0.3, -0.25) is 9.36 Å². The van der Waals surface area contributed by atoms with Crippen molar-refractivity contribution in [1.82, 2.24) is 24.4 Å². The van der Waals surface area contributed by atoms with Gasteiger partial charge in [0, 0.05) is 38.4 Å². The third kappa shape index (κ3) is 3.57. The average Bonchev–Trinajstić information content (AvgIpc) is 3.18. The number of rotatable bonds is 3. The molecule has 4 rings (SSSR count). The number of amides is 1. The maximum Gasteiger partial charge on any atom is 0.274 e. The number of likely N-dealkylation sites (tertiary alicyclic amines) is 1. The highest BCUT2D eigenvalue weighted by Gasteiger charge is 2.24. The molecule has 0 spiro atoms. The van der Waals surface area contributed by atoms with Gasteiger partial charge in [0.2, 0.25) is 0 Å². The van der Waals surface area contributed by atoms with Crippen LogP contribution in [-0.4, -0.2) is 56.5 Å². The van der Waals surface area contributed by atoms with Crippen LogP contribution in [0.4, 0.5) is 5.82 Å². The fourth-order valence-electron chi connectivity index (χ4n) is 3.87. The molecule has 2 aliphatic heterocycles. The van der Waals surface area contributed by atoms with Crippen LogP contribution in [0.15, 0.2) is 24.9 Å². The number of carbonyl (C=O) groups is 1. The van der Waals surface area contributed by atoms with Gasteiger partial charge in [-0.15, -0.1) is 0 Å². The second kappa shape index (κ2) is 7.43. The lowest BCUT2D eigenvalue weighted by Gasteiger charge is -2.30. The van der Waals surface area contributed by atoms with E-state index in [-0.39, 0.29) is 5.91 Å². The van der Waals surface area contributed by atoms with Gasteiger partial charge >= 0.3 is 0 Å². The van der Waals surface area contributed by atoms with Gasteiger partial charge < -0.3 is 9.80 Å². The number of hydrogen-bond donors (Lipinski definition) is 0. The van der Waals surface area contributed by atoms with Gasteiger partial charge in [0.25, 0.3) is 5.91 Å². The van der Waals surface area contributed by atoms with Crippen LogP contribution in [0.25, 0.3) is 5.82 Å². The topological polar surface area (TPSA) is 67.2 Å². The lowest BCUT2D eigenvalue weighted by Crippen LogP contribution is -2.39. The smallest absolute Gasteiger partial charge is 0.274 e. The van der Waals surface area contributed by atoms with Gasteiger partial charge in [-0.05, 0) is 38.0 Å². The van der Waals surface area contributed by atoms with E-state index in [0.717, 1.165) is 44.2 Å². The third-order valence-corrected chi connectivity index (χ3v) is 5.33. The fourth-order valence-corrected chi connectivity index (χ4v) is 3.87. The van der Waals surface area contributed by atoms with Gasteiger partial charge in [-0.2, -0.15) is 0 Å². The minimum Gasteiger partial charge on any atom is -0.356 e. The van der Waals surface area contributed by atoms with Crippen LogP contribution in [0.3, 0.4) is 0 Å². The van der Waals surface area contributed by atoms with Crippen molar-refractivity contribution < 1.29 is 4.79 Å². The average molecular weight is 354 g/mol. The van der Waals surface area contributed by atoms with Crippen LogP contribution in [0, 0.1) is 5.92 Å². The molecule has 0 aromatic carbocycles. The van der Waals surface area contributed by atoms with Gasteiger partial charge in [0.15, 0.2) is 0 Å². The number of anilines is 1. The highest BCUT2D eigenvalue weighted by Crippen LogP contribution is 2.20. The first-order valence-corrected chi connectivity index (χ1v) is 9.61. The zero-order valence-corrected chi connectivity index (χ0v) is 15.3. The molecule has 1 atom stereocenters. The number of hydrogen-bond acceptors (Lipinski definition) is 5. The molecule has 2 saturated heterocycles. The molecule has 7 heteroatoms. The van der Waals surface area contributed by atoms with E-state index in [0.29, 0.717) is 11.6 Å². The Morgan fingerprint density at radius 3 is 2.65 bits per heavy atom. The fraction of sp³-hybridized carbons (Fsp3) is 0.579. The summed E-state index contributed by atoms with van der Waals surface area (Å²) in [6.07, 6.45) is 11.0. The minimum atomic E-state index is 0.0145. The van der Waals surface area contributed by atoms with Crippen molar-refractivity contribution in [3.63, 3.8) is 0 Å². The van der Waals surface area contributed by atoms with Gasteiger partial charge in [-0.25, -0.2) is 15.0 Å². The molecule has 26 heavy (non-hydrogen) atoms. The van der Waals surface area contributed by atoms with Crippen LogP contribution >= 0.6 is 0 Å². The summed E-state index contributed by atoms with van der Waals surface area (Å²) in [6.45, 7) is 5.91. The van der Waals surface area contributed by atoms with Crippen molar-refractivity contribution in [2.24, 2.45) is 5.92 Å². The Morgan fingerprint density at radius 2 is 1.85 bits per heavy atom. The molecule has 0 bridgehead atoms. The lowest BCUT2D eigenvalue weighted by molar-refractivity contribution is 0.0677. The predicted octanol–water partition coefficient (Wildman–Crippen LogP) is 2.52. The molecule has 0 radical (unpaired) electrons. The van der Waals surface area contributed by atoms with Gasteiger partial charge in [0.1, 0.15) is 30.0 Å². The molecule has 1 amide bonds. The normalized spacial score (nSPS) is 21.0. The van der Waals surface area contributed by atoms with Gasteiger partial charge in [-0.1, -0.05) is 6.92 Å². The second-order valence-electron chi connectivity index (χ2n) is 7.45. The molecule has 2 fully saturated rings. The lowest BCUT2D eigenvalue weighted by atomic mass is 10.0. The largest absolute Gasteiger partial charge is 0.356 e. The number of piperidine rings is 2. The number of nitrogens with zero attached hydrogens (tertiary/aromatic N) is 6. The SMILES string of the molecule is CC1CCCN(C(=O)c2cn(-c3cc(N4CCCCC4)ncn3)cn2)C1. The molecule has 0 saturated carbocycles. The maximum absolute atomic E-state index is 12.7. The highest BCUT2D eigenvalue weighted by atomic mass is 16.2. The first kappa shape index (κ1) is 17.0. The standard InChI is InChI=1S/C19H26N6O/c1-15-6-5-9-24(11-15)19(26)16-12-25(14-22-16)18-10-17(20-13-21-18)23-7-3-2-4-8-23/h10,12-15H,2-9,11H2,1H3. The summed E-state index contributed by atoms with van der Waals surface area (Å²) in [5.41, 5.74) is 0.484. The number of imidazole rings is 1. The van der Waals surface area contributed by atoms with E-state index in [1.807, 2.05) is 15.5 Å². The van der Waals surface area contributed by atoms with Crippen molar-refractivity contribution in [3.8, 4) is 5.82 Å². The van der Waals surface area contributed by atoms with Gasteiger partial charge in [0.05, 0.1) is 0 Å². The summed E-state index contributed by atoms with van der Waals surface area (Å²) in [7, 11) is 0. The van der Waals surface area contributed by atoms with Crippen LogP contribution in [0.1, 0.15) is 49.5 Å². The summed E-state index contributed by atoms with van der Waals surface area (Å²) in [6, 6.07) is 1.98. The molecular weight excluding hydrogens is 328 g/mol. The van der Waals surface area contributed by atoms with E-state index < -0.39 is 0 Å². The zero-order chi connectivity index (χ0) is 17.9. The molecule has 0 N–H and O–H groups in total. The van der Waals surface area contributed by atoms with E-state index in [9.17, 15) is 4.79 Å². The Hall–Kier alpha value is -2.44. The predicted molar refractivity (Wildman–Crippen MR) is 99.5 cm³/mol. The highest BCUT2D eigenvalue weighted by molar-refractivity contribution is 5.92. The Kier molecular flexibility index (Phi) is 4.86. The summed E-state index contributed by atoms with van der Waals surface area (Å²) < 4.78 is 1.82. The molecule has 2 aromatic rings. The first-order valence-electron chi connectivity index (χ1n) is 9.61. The van der Waals surface area contributed by atoms with Crippen molar-refractivity contribution in [2.75, 3.05) is 31.1 Å². The van der Waals surface area contributed by atoms with Crippen LogP contribution in [-0.2, 0) is 0 Å². The monoisotopic (exact) mass is 354 g/mol. The molecule has 1 unspecified atom stereocenters. The Balaban J connectivity index is 1.51. The van der Waals surface area contributed by atoms with Crippen LogP contribution < -0.4 is 4.90 Å². The minimum absolute atomic E-state index is 0.0145. The summed E-state index contributed by atoms with van der Waals surface area (Å²) in [5, 5.41) is 0. The van der Waals surface area contributed by atoms with Crippen molar-refractivity contribution in [3.05, 3.63) is 30.6 Å². The Bertz CT molecular complexity index is 767. The van der Waals surface area contributed by atoms with E-state index >= 15 is 0 Å². The summed E-state index contributed by atoms with van der Waals surface area (Å²) in [5.74, 6) is 2.27. The zero-order valence-electron chi connectivity index (χ0n) is 15.3. The third-order valence-electron chi connectivity index (χ3n) is 5.33. The number of aromatic nitrogens is 4. The second-order valence-corrected chi connectivity index (χ2v) is 7.45. The maximum atomic E-state index is 12.7. The molecule has 4 heterocycles. The van der Waals surface area contributed by atoms with E-state index in [4.69, 9.17) is 0 Å². The van der Waals surface area contributed by atoms with Crippen LogP contribution in [0.2, 0.25) is 0 Å². The Labute approximate surface area is 154 Å². The molecular formula is C19H26N6O. The first-order chi connectivity index (χ1) is 12.7. The quantitative estimate of drug-likeness (QED) is 0.847. The summed E-state index contributed by atoms with van der Waals surface area (Å²) >= 11 is 0. The van der Waals surface area contributed by atoms with E-state index in [1.165, 1.54) is 25.7 Å². The molecule has 7 nitrogen and oxygen atoms in total. The number of carbonyl (C=O) groups excluding carboxylic acids is 1. The van der Waals surface area contributed by atoms with E-state index in [2.05, 4.69) is 26.8 Å². The van der Waals surface area contributed by atoms with Crippen LogP contribution in [0.5, 0.6) is 0 Å². The molecule has 2 aromatic heterocycles. The van der Waals surface area contributed by atoms with E-state index in [1.54, 1.807) is 18.9 Å². The molecule has 138 valence electrons. The molecule has 2 aliphatic rings. The van der Waals surface area contributed by atoms with Crippen molar-refractivity contribution >= 4 is 11.7 Å². The molecule has 0 aliphatic carbocycles. The van der Waals surface area contributed by atoms with Crippen molar-refractivity contribution in [2.45, 2.75) is 39.0 Å². The van der Waals surface area contributed by atoms with Crippen molar-refractivity contribution in [1.29, 1.82) is 0 Å². The summed E-state index contributed by atoms with van der Waals surface area (Å²) in [4.78, 5) is 30.0. The Morgan fingerprint density at radius 1 is 1.04 bits per heavy atom.